The Bertz CT molecular complexity index is 2890. The first kappa shape index (κ1) is 39.1. The zero-order chi connectivity index (χ0) is 42.9. The molecule has 6 aromatic rings. The molecule has 1 saturated heterocycles. The molecular weight excluding hydrogens is 777 g/mol. The molecule has 1 amide bonds. The zero-order valence-electron chi connectivity index (χ0n) is 35.5. The fourth-order valence-electron chi connectivity index (χ4n) is 10.6. The van der Waals surface area contributed by atoms with E-state index in [0.717, 1.165) is 24.1 Å². The Balaban J connectivity index is 1.06. The van der Waals surface area contributed by atoms with Crippen LogP contribution in [0.4, 0.5) is 14.5 Å². The largest absolute Gasteiger partial charge is 0.376 e. The van der Waals surface area contributed by atoms with Crippen LogP contribution in [0.25, 0.3) is 28.1 Å². The summed E-state index contributed by atoms with van der Waals surface area (Å²) in [4.78, 5) is 33.8. The van der Waals surface area contributed by atoms with Crippen LogP contribution < -0.4 is 10.6 Å². The van der Waals surface area contributed by atoms with Crippen LogP contribution in [0.3, 0.4) is 0 Å². The number of fused-ring (bicyclic) bond motifs is 3. The predicted octanol–water partition coefficient (Wildman–Crippen LogP) is 7.45. The van der Waals surface area contributed by atoms with Crippen LogP contribution in [-0.4, -0.2) is 69.8 Å². The fraction of sp³-hybridized carbons (Fsp3) is 0.426. The summed E-state index contributed by atoms with van der Waals surface area (Å²) in [7, 11) is 1.73. The lowest BCUT2D eigenvalue weighted by Crippen LogP contribution is -2.54. The highest BCUT2D eigenvalue weighted by Gasteiger charge is 2.61. The van der Waals surface area contributed by atoms with Gasteiger partial charge in [0.1, 0.15) is 23.2 Å². The molecule has 3 aliphatic heterocycles. The fourth-order valence-corrected chi connectivity index (χ4v) is 10.6. The molecule has 3 aromatic heterocycles. The van der Waals surface area contributed by atoms with Crippen molar-refractivity contribution >= 4 is 22.5 Å². The number of imidazole rings is 1. The summed E-state index contributed by atoms with van der Waals surface area (Å²) in [6.07, 6.45) is 7.90. The SMILES string of the molecule is Cc1cc(-n2nc3c(c2-n2ccn(-c4ccc5c(cnn5C)c4F)c2=O)[C@H](C)N(C(=O)C2Cc4cc(C5CCOC(C)(C)C5)ccc4N2C2(C#N)C[C@@H]2C)CC3)cc(C)c1F. The molecule has 2 fully saturated rings. The van der Waals surface area contributed by atoms with Crippen LogP contribution >= 0.6 is 0 Å². The number of nitriles is 1. The van der Waals surface area contributed by atoms with Crippen molar-refractivity contribution in [3.8, 4) is 23.3 Å². The molecule has 0 N–H and O–H groups in total. The van der Waals surface area contributed by atoms with E-state index in [2.05, 4.69) is 55.0 Å². The first-order valence-electron chi connectivity index (χ1n) is 21.2. The average molecular weight is 826 g/mol. The number of amides is 1. The van der Waals surface area contributed by atoms with Gasteiger partial charge in [0.25, 0.3) is 0 Å². The van der Waals surface area contributed by atoms with Crippen molar-refractivity contribution in [2.75, 3.05) is 18.1 Å². The van der Waals surface area contributed by atoms with Crippen molar-refractivity contribution < 1.29 is 18.3 Å². The highest BCUT2D eigenvalue weighted by atomic mass is 19.1. The maximum absolute atomic E-state index is 16.1. The van der Waals surface area contributed by atoms with Gasteiger partial charge in [0.15, 0.2) is 5.82 Å². The average Bonchev–Trinajstić information content (AvgIpc) is 3.69. The normalized spacial score (nSPS) is 24.2. The van der Waals surface area contributed by atoms with E-state index < -0.39 is 29.1 Å². The van der Waals surface area contributed by atoms with Crippen molar-refractivity contribution in [1.82, 2.24) is 33.6 Å². The van der Waals surface area contributed by atoms with Gasteiger partial charge in [-0.3, -0.25) is 18.6 Å². The minimum Gasteiger partial charge on any atom is -0.376 e. The predicted molar refractivity (Wildman–Crippen MR) is 227 cm³/mol. The van der Waals surface area contributed by atoms with Crippen molar-refractivity contribution in [2.24, 2.45) is 13.0 Å². The number of benzene rings is 3. The molecule has 12 nitrogen and oxygen atoms in total. The van der Waals surface area contributed by atoms with Gasteiger partial charge in [-0.25, -0.2) is 18.3 Å². The third-order valence-corrected chi connectivity index (χ3v) is 13.9. The molecule has 4 aliphatic rings. The first-order chi connectivity index (χ1) is 29.1. The van der Waals surface area contributed by atoms with E-state index in [1.54, 1.807) is 60.7 Å². The minimum atomic E-state index is -0.795. The summed E-state index contributed by atoms with van der Waals surface area (Å²) in [6, 6.07) is 14.6. The number of carbonyl (C=O) groups is 1. The van der Waals surface area contributed by atoms with Gasteiger partial charge in [-0.15, -0.1) is 0 Å². The topological polar surface area (TPSA) is 119 Å². The van der Waals surface area contributed by atoms with Gasteiger partial charge in [0.2, 0.25) is 5.91 Å². The molecular formula is C47H49F2N9O3. The molecule has 10 rings (SSSR count). The third kappa shape index (κ3) is 5.91. The van der Waals surface area contributed by atoms with Crippen molar-refractivity contribution in [2.45, 2.75) is 103 Å². The molecule has 6 heterocycles. The first-order valence-corrected chi connectivity index (χ1v) is 21.2. The Morgan fingerprint density at radius 3 is 2.41 bits per heavy atom. The maximum atomic E-state index is 16.1. The number of hydrogen-bond acceptors (Lipinski definition) is 7. The Kier molecular flexibility index (Phi) is 8.79. The number of nitrogens with zero attached hydrogens (tertiary/aromatic N) is 9. The zero-order valence-corrected chi connectivity index (χ0v) is 35.5. The number of rotatable bonds is 6. The quantitative estimate of drug-likeness (QED) is 0.171. The Morgan fingerprint density at radius 1 is 0.984 bits per heavy atom. The van der Waals surface area contributed by atoms with E-state index in [1.165, 1.54) is 27.1 Å². The van der Waals surface area contributed by atoms with E-state index in [1.807, 2.05) is 11.8 Å². The third-order valence-electron chi connectivity index (χ3n) is 13.9. The molecule has 0 radical (unpaired) electrons. The van der Waals surface area contributed by atoms with Gasteiger partial charge in [-0.1, -0.05) is 19.1 Å². The molecule has 3 unspecified atom stereocenters. The lowest BCUT2D eigenvalue weighted by molar-refractivity contribution is -0.135. The minimum absolute atomic E-state index is 0.0628. The number of halogens is 2. The van der Waals surface area contributed by atoms with Crippen LogP contribution in [0.5, 0.6) is 0 Å². The van der Waals surface area contributed by atoms with E-state index in [9.17, 15) is 10.1 Å². The van der Waals surface area contributed by atoms with Gasteiger partial charge >= 0.3 is 5.69 Å². The van der Waals surface area contributed by atoms with E-state index in [0.29, 0.717) is 77.7 Å². The summed E-state index contributed by atoms with van der Waals surface area (Å²) in [6.45, 7) is 12.7. The van der Waals surface area contributed by atoms with Gasteiger partial charge in [-0.05, 0) is 118 Å². The number of hydrogen-bond donors (Lipinski definition) is 0. The lowest BCUT2D eigenvalue weighted by atomic mass is 9.83. The van der Waals surface area contributed by atoms with Crippen molar-refractivity contribution in [3.05, 3.63) is 117 Å². The summed E-state index contributed by atoms with van der Waals surface area (Å²) in [5, 5.41) is 20.2. The Hall–Kier alpha value is -6.07. The molecule has 61 heavy (non-hydrogen) atoms. The second-order valence-corrected chi connectivity index (χ2v) is 18.3. The lowest BCUT2D eigenvalue weighted by Gasteiger charge is -2.39. The highest BCUT2D eigenvalue weighted by Crippen LogP contribution is 2.54. The molecule has 1 saturated carbocycles. The second kappa shape index (κ2) is 13.7. The number of aromatic nitrogens is 6. The Morgan fingerprint density at radius 2 is 1.70 bits per heavy atom. The summed E-state index contributed by atoms with van der Waals surface area (Å²) in [5.74, 6) is -0.200. The van der Waals surface area contributed by atoms with E-state index >= 15 is 13.6 Å². The van der Waals surface area contributed by atoms with E-state index in [4.69, 9.17) is 9.84 Å². The summed E-state index contributed by atoms with van der Waals surface area (Å²) < 4.78 is 43.0. The molecule has 0 bridgehead atoms. The number of ether oxygens (including phenoxy) is 1. The summed E-state index contributed by atoms with van der Waals surface area (Å²) >= 11 is 0. The van der Waals surface area contributed by atoms with Gasteiger partial charge in [0, 0.05) is 56.7 Å². The second-order valence-electron chi connectivity index (χ2n) is 18.3. The number of carbonyl (C=O) groups excluding carboxylic acids is 1. The number of anilines is 1. The van der Waals surface area contributed by atoms with Crippen molar-refractivity contribution in [3.63, 3.8) is 0 Å². The smallest absolute Gasteiger partial charge is 0.338 e. The maximum Gasteiger partial charge on any atom is 0.338 e. The van der Waals surface area contributed by atoms with Crippen LogP contribution in [-0.2, 0) is 29.4 Å². The molecule has 1 aliphatic carbocycles. The van der Waals surface area contributed by atoms with Crippen LogP contribution in [0.15, 0.2) is 65.8 Å². The molecule has 5 atom stereocenters. The van der Waals surface area contributed by atoms with E-state index in [-0.39, 0.29) is 34.3 Å². The molecule has 3 aromatic carbocycles. The van der Waals surface area contributed by atoms with Crippen LogP contribution in [0.2, 0.25) is 0 Å². The van der Waals surface area contributed by atoms with Gasteiger partial charge < -0.3 is 14.5 Å². The highest BCUT2D eigenvalue weighted by molar-refractivity contribution is 5.90. The van der Waals surface area contributed by atoms with Gasteiger partial charge in [-0.2, -0.15) is 15.5 Å². The summed E-state index contributed by atoms with van der Waals surface area (Å²) in [5.41, 5.74) is 5.09. The molecule has 314 valence electrons. The Labute approximate surface area is 352 Å². The molecule has 0 spiro atoms. The standard InChI is InChI=1S/C47H49F2N9O3/c1-26-18-33(19-27(2)41(26)48)58-43(56-16-15-55(45(56)60)38-11-10-37-34(42(38)49)24-51-53(37)7)40-29(4)54(14-12-35(40)52-58)44(59)39-21-32-20-30(31-13-17-61-46(5,6)23-31)8-9-36(32)57(39)47(25-50)22-28(47)3/h8-11,15-16,18-20,24,28-29,31,39H,12-14,17,21-23H2,1-7H3/t28-,29-,31?,39?,47?/m0/s1. The van der Waals surface area contributed by atoms with Gasteiger partial charge in [0.05, 0.1) is 51.9 Å². The monoisotopic (exact) mass is 825 g/mol. The number of aryl methyl sites for hydroxylation is 3. The van der Waals surface area contributed by atoms with Crippen LogP contribution in [0, 0.1) is 42.7 Å². The molecule has 14 heteroatoms. The van der Waals surface area contributed by atoms with Crippen molar-refractivity contribution in [1.29, 1.82) is 5.26 Å². The van der Waals surface area contributed by atoms with Crippen LogP contribution in [0.1, 0.15) is 92.4 Å².